The van der Waals surface area contributed by atoms with Gasteiger partial charge in [0.15, 0.2) is 5.78 Å². The monoisotopic (exact) mass is 172 g/mol. The minimum absolute atomic E-state index is 0.243. The van der Waals surface area contributed by atoms with Crippen molar-refractivity contribution in [1.82, 2.24) is 0 Å². The van der Waals surface area contributed by atoms with E-state index in [2.05, 4.69) is 4.74 Å². The molecule has 0 saturated carbocycles. The Hall–Kier alpha value is -1.32. The first-order valence-electron chi connectivity index (χ1n) is 3.62. The number of rotatable bonds is 4. The lowest BCUT2D eigenvalue weighted by molar-refractivity contribution is -0.142. The van der Waals surface area contributed by atoms with Gasteiger partial charge in [-0.2, -0.15) is 0 Å². The highest BCUT2D eigenvalue weighted by atomic mass is 16.5. The van der Waals surface area contributed by atoms with Crippen LogP contribution in [0.3, 0.4) is 0 Å². The van der Waals surface area contributed by atoms with Crippen molar-refractivity contribution in [3.8, 4) is 0 Å². The molecule has 1 N–H and O–H groups in total. The quantitative estimate of drug-likeness (QED) is 0.390. The van der Waals surface area contributed by atoms with Crippen molar-refractivity contribution in [3.63, 3.8) is 0 Å². The highest BCUT2D eigenvalue weighted by Gasteiger charge is 2.05. The molecular formula is C8H12O4. The Kier molecular flexibility index (Phi) is 4.76. The average Bonchev–Trinajstić information content (AvgIpc) is 1.84. The second-order valence-corrected chi connectivity index (χ2v) is 2.23. The molecule has 0 saturated heterocycles. The molecule has 0 aliphatic heterocycles. The van der Waals surface area contributed by atoms with E-state index in [1.54, 1.807) is 6.92 Å². The summed E-state index contributed by atoms with van der Waals surface area (Å²) in [5, 5.41) is 8.96. The van der Waals surface area contributed by atoms with Gasteiger partial charge in [-0.05, 0) is 13.8 Å². The number of allylic oxidation sites excluding steroid dienone is 1. The molecule has 0 aromatic rings. The second-order valence-electron chi connectivity index (χ2n) is 2.23. The first kappa shape index (κ1) is 10.7. The van der Waals surface area contributed by atoms with Crippen molar-refractivity contribution in [2.45, 2.75) is 20.3 Å². The van der Waals surface area contributed by atoms with Gasteiger partial charge in [-0.25, -0.2) is 0 Å². The van der Waals surface area contributed by atoms with Crippen LogP contribution < -0.4 is 0 Å². The summed E-state index contributed by atoms with van der Waals surface area (Å²) < 4.78 is 4.54. The van der Waals surface area contributed by atoms with Crippen molar-refractivity contribution >= 4 is 11.8 Å². The minimum atomic E-state index is -0.535. The molecule has 0 heterocycles. The van der Waals surface area contributed by atoms with Crippen LogP contribution in [0.25, 0.3) is 0 Å². The highest BCUT2D eigenvalue weighted by molar-refractivity contribution is 5.88. The molecular weight excluding hydrogens is 160 g/mol. The van der Waals surface area contributed by atoms with E-state index in [1.165, 1.54) is 6.92 Å². The standard InChI is InChI=1S/C8H12O4/c1-3-12-8(11)5-7(10)4-6(2)9/h4,10H,3,5H2,1-2H3. The number of ether oxygens (including phenoxy) is 1. The molecule has 0 rings (SSSR count). The number of ketones is 1. The normalized spacial score (nSPS) is 11.0. The molecule has 0 aromatic carbocycles. The molecule has 4 nitrogen and oxygen atoms in total. The maximum absolute atomic E-state index is 10.7. The fourth-order valence-corrected chi connectivity index (χ4v) is 0.646. The third-order valence-corrected chi connectivity index (χ3v) is 1.00. The summed E-state index contributed by atoms with van der Waals surface area (Å²) in [5.41, 5.74) is 0. The molecule has 0 spiro atoms. The molecule has 0 bridgehead atoms. The van der Waals surface area contributed by atoms with E-state index in [-0.39, 0.29) is 24.6 Å². The lowest BCUT2D eigenvalue weighted by Crippen LogP contribution is -2.05. The Morgan fingerprint density at radius 2 is 2.08 bits per heavy atom. The van der Waals surface area contributed by atoms with Gasteiger partial charge in [0.2, 0.25) is 0 Å². The molecule has 0 aliphatic rings. The van der Waals surface area contributed by atoms with Gasteiger partial charge >= 0.3 is 5.97 Å². The summed E-state index contributed by atoms with van der Waals surface area (Å²) >= 11 is 0. The Morgan fingerprint density at radius 3 is 2.50 bits per heavy atom. The van der Waals surface area contributed by atoms with Gasteiger partial charge in [-0.3, -0.25) is 9.59 Å². The van der Waals surface area contributed by atoms with E-state index in [0.717, 1.165) is 6.08 Å². The Balaban J connectivity index is 3.91. The maximum atomic E-state index is 10.7. The smallest absolute Gasteiger partial charge is 0.313 e. The van der Waals surface area contributed by atoms with E-state index >= 15 is 0 Å². The summed E-state index contributed by atoms with van der Waals surface area (Å²) in [6, 6.07) is 0. The zero-order chi connectivity index (χ0) is 9.56. The number of aliphatic hydroxyl groups is 1. The summed E-state index contributed by atoms with van der Waals surface area (Å²) in [7, 11) is 0. The predicted octanol–water partition coefficient (Wildman–Crippen LogP) is 0.971. The van der Waals surface area contributed by atoms with Crippen molar-refractivity contribution in [1.29, 1.82) is 0 Å². The Labute approximate surface area is 70.8 Å². The minimum Gasteiger partial charge on any atom is -0.512 e. The molecule has 0 radical (unpaired) electrons. The van der Waals surface area contributed by atoms with Crippen LogP contribution in [-0.2, 0) is 14.3 Å². The molecule has 0 atom stereocenters. The van der Waals surface area contributed by atoms with E-state index < -0.39 is 5.97 Å². The zero-order valence-electron chi connectivity index (χ0n) is 7.16. The molecule has 0 aliphatic carbocycles. The topological polar surface area (TPSA) is 63.6 Å². The molecule has 0 amide bonds. The zero-order valence-corrected chi connectivity index (χ0v) is 7.16. The van der Waals surface area contributed by atoms with Crippen LogP contribution in [0.15, 0.2) is 11.8 Å². The summed E-state index contributed by atoms with van der Waals surface area (Å²) in [6.07, 6.45) is 0.754. The highest BCUT2D eigenvalue weighted by Crippen LogP contribution is 1.98. The summed E-state index contributed by atoms with van der Waals surface area (Å²) in [5.74, 6) is -1.09. The number of carbonyl (C=O) groups is 2. The fourth-order valence-electron chi connectivity index (χ4n) is 0.646. The van der Waals surface area contributed by atoms with Crippen LogP contribution in [0, 0.1) is 0 Å². The van der Waals surface area contributed by atoms with Crippen LogP contribution in [-0.4, -0.2) is 23.5 Å². The van der Waals surface area contributed by atoms with Gasteiger partial charge in [0, 0.05) is 6.08 Å². The Morgan fingerprint density at radius 1 is 1.50 bits per heavy atom. The maximum Gasteiger partial charge on any atom is 0.313 e. The van der Waals surface area contributed by atoms with Crippen molar-refractivity contribution in [2.24, 2.45) is 0 Å². The van der Waals surface area contributed by atoms with E-state index in [9.17, 15) is 9.59 Å². The summed E-state index contributed by atoms with van der Waals surface area (Å²) in [6.45, 7) is 3.23. The van der Waals surface area contributed by atoms with Gasteiger partial charge in [-0.1, -0.05) is 0 Å². The van der Waals surface area contributed by atoms with E-state index in [1.807, 2.05) is 0 Å². The van der Waals surface area contributed by atoms with E-state index in [0.29, 0.717) is 0 Å². The number of hydrogen-bond acceptors (Lipinski definition) is 4. The molecule has 0 unspecified atom stereocenters. The van der Waals surface area contributed by atoms with Gasteiger partial charge < -0.3 is 9.84 Å². The first-order chi connectivity index (χ1) is 5.56. The third kappa shape index (κ3) is 5.46. The van der Waals surface area contributed by atoms with Gasteiger partial charge in [0.1, 0.15) is 12.2 Å². The van der Waals surface area contributed by atoms with Crippen molar-refractivity contribution in [2.75, 3.05) is 6.61 Å². The van der Waals surface area contributed by atoms with Crippen molar-refractivity contribution < 1.29 is 19.4 Å². The number of esters is 1. The van der Waals surface area contributed by atoms with Crippen molar-refractivity contribution in [3.05, 3.63) is 11.8 Å². The SMILES string of the molecule is CCOC(=O)CC(O)=CC(C)=O. The van der Waals surface area contributed by atoms with Crippen LogP contribution in [0.5, 0.6) is 0 Å². The number of hydrogen-bond donors (Lipinski definition) is 1. The lowest BCUT2D eigenvalue weighted by Gasteiger charge is -1.99. The second kappa shape index (κ2) is 5.35. The van der Waals surface area contributed by atoms with Gasteiger partial charge in [0.25, 0.3) is 0 Å². The van der Waals surface area contributed by atoms with E-state index in [4.69, 9.17) is 5.11 Å². The van der Waals surface area contributed by atoms with Crippen LogP contribution in [0.4, 0.5) is 0 Å². The fraction of sp³-hybridized carbons (Fsp3) is 0.500. The predicted molar refractivity (Wildman–Crippen MR) is 42.6 cm³/mol. The number of carbonyl (C=O) groups excluding carboxylic acids is 2. The van der Waals surface area contributed by atoms with Crippen LogP contribution >= 0.6 is 0 Å². The Bertz CT molecular complexity index is 205. The molecule has 4 heteroatoms. The first-order valence-corrected chi connectivity index (χ1v) is 3.62. The summed E-state index contributed by atoms with van der Waals surface area (Å²) in [4.78, 5) is 21.1. The van der Waals surface area contributed by atoms with Gasteiger partial charge in [-0.15, -0.1) is 0 Å². The molecule has 0 aromatic heterocycles. The molecule has 68 valence electrons. The number of aliphatic hydroxyl groups excluding tert-OH is 1. The van der Waals surface area contributed by atoms with Gasteiger partial charge in [0.05, 0.1) is 6.61 Å². The molecule has 12 heavy (non-hydrogen) atoms. The van der Waals surface area contributed by atoms with Crippen LogP contribution in [0.2, 0.25) is 0 Å². The third-order valence-electron chi connectivity index (χ3n) is 1.00. The average molecular weight is 172 g/mol. The van der Waals surface area contributed by atoms with Crippen LogP contribution in [0.1, 0.15) is 20.3 Å². The lowest BCUT2D eigenvalue weighted by atomic mass is 10.3. The largest absolute Gasteiger partial charge is 0.512 e. The molecule has 0 fully saturated rings.